The summed E-state index contributed by atoms with van der Waals surface area (Å²) in [5.74, 6) is -2.27. The number of carbonyl (C=O) groups is 3. The minimum atomic E-state index is -1.38. The minimum Gasteiger partial charge on any atom is -0.506 e. The Morgan fingerprint density at radius 1 is 1.24 bits per heavy atom. The molecule has 2 heterocycles. The van der Waals surface area contributed by atoms with Crippen molar-refractivity contribution in [3.63, 3.8) is 0 Å². The molecule has 4 bridgehead atoms. The Morgan fingerprint density at radius 2 is 1.97 bits per heavy atom. The first-order valence-electron chi connectivity index (χ1n) is 11.4. The molecule has 2 saturated heterocycles. The van der Waals surface area contributed by atoms with Crippen molar-refractivity contribution in [3.05, 3.63) is 29.8 Å². The van der Waals surface area contributed by atoms with Crippen LogP contribution in [0, 0.1) is 28.6 Å². The largest absolute Gasteiger partial charge is 0.506 e. The van der Waals surface area contributed by atoms with E-state index in [1.807, 2.05) is 6.92 Å². The van der Waals surface area contributed by atoms with Gasteiger partial charge in [0.2, 0.25) is 5.91 Å². The molecule has 3 aliphatic carbocycles. The van der Waals surface area contributed by atoms with Crippen molar-refractivity contribution < 1.29 is 34.4 Å². The number of carboxylic acid groups (broad SMARTS) is 1. The lowest BCUT2D eigenvalue weighted by Crippen LogP contribution is -2.58. The molecule has 2 aliphatic heterocycles. The van der Waals surface area contributed by atoms with E-state index in [0.29, 0.717) is 11.8 Å². The second kappa shape index (κ2) is 6.82. The lowest BCUT2D eigenvalue weighted by atomic mass is 9.49. The van der Waals surface area contributed by atoms with Gasteiger partial charge in [-0.15, -0.1) is 0 Å². The van der Waals surface area contributed by atoms with Gasteiger partial charge in [0.1, 0.15) is 17.0 Å². The first-order valence-corrected chi connectivity index (χ1v) is 11.4. The van der Waals surface area contributed by atoms with Crippen LogP contribution in [0.15, 0.2) is 24.3 Å². The van der Waals surface area contributed by atoms with E-state index in [2.05, 4.69) is 25.2 Å². The molecule has 2 saturated carbocycles. The standard InChI is InChI=1S/C25H29NO7/c1-12-14-10-25-9-6-16(28)23(2,21(25)20(12)33-24(14,3)11-25)8-7-17(29)26-18-15(27)5-4-13(19(18)30)22(31)32/h4-6,9,12,14,20-21,27,30H,7-8,10-11H2,1-3H3,(H,26,29)(H,31,32)/t12-,14?,20?,21?,23+,24?,25?/m0/s1. The van der Waals surface area contributed by atoms with Crippen LogP contribution >= 0.6 is 0 Å². The van der Waals surface area contributed by atoms with Gasteiger partial charge in [-0.3, -0.25) is 9.59 Å². The number of amides is 1. The Kier molecular flexibility index (Phi) is 4.54. The lowest BCUT2D eigenvalue weighted by molar-refractivity contribution is -0.174. The second-order valence-electron chi connectivity index (χ2n) is 10.8. The van der Waals surface area contributed by atoms with E-state index < -0.39 is 34.4 Å². The van der Waals surface area contributed by atoms with Crippen LogP contribution in [-0.2, 0) is 14.3 Å². The van der Waals surface area contributed by atoms with Crippen molar-refractivity contribution in [3.8, 4) is 11.5 Å². The zero-order valence-electron chi connectivity index (χ0n) is 18.9. The zero-order chi connectivity index (χ0) is 23.9. The average Bonchev–Trinajstić information content (AvgIpc) is 3.08. The molecule has 0 aromatic heterocycles. The van der Waals surface area contributed by atoms with E-state index in [9.17, 15) is 29.7 Å². The van der Waals surface area contributed by atoms with Crippen LogP contribution in [0.25, 0.3) is 0 Å². The van der Waals surface area contributed by atoms with Gasteiger partial charge in [-0.2, -0.15) is 0 Å². The number of ketones is 1. The third kappa shape index (κ3) is 2.89. The topological polar surface area (TPSA) is 133 Å². The van der Waals surface area contributed by atoms with Gasteiger partial charge in [-0.05, 0) is 61.6 Å². The van der Waals surface area contributed by atoms with E-state index in [1.54, 1.807) is 6.08 Å². The Bertz CT molecular complexity index is 1110. The molecule has 33 heavy (non-hydrogen) atoms. The second-order valence-corrected chi connectivity index (χ2v) is 10.8. The van der Waals surface area contributed by atoms with Gasteiger partial charge in [0.25, 0.3) is 0 Å². The number of nitrogens with one attached hydrogen (secondary N) is 1. The molecule has 8 heteroatoms. The van der Waals surface area contributed by atoms with Crippen molar-refractivity contribution in [1.82, 2.24) is 0 Å². The van der Waals surface area contributed by atoms with Gasteiger partial charge in [0.05, 0.1) is 11.7 Å². The molecule has 0 radical (unpaired) electrons. The van der Waals surface area contributed by atoms with Crippen LogP contribution in [0.5, 0.6) is 11.5 Å². The number of aromatic carboxylic acids is 1. The summed E-state index contributed by atoms with van der Waals surface area (Å²) in [5.41, 5.74) is -1.82. The van der Waals surface area contributed by atoms with Crippen LogP contribution in [0.2, 0.25) is 0 Å². The minimum absolute atomic E-state index is 0.0146. The van der Waals surface area contributed by atoms with Gasteiger partial charge in [-0.25, -0.2) is 4.79 Å². The summed E-state index contributed by atoms with van der Waals surface area (Å²) in [6.45, 7) is 6.30. The monoisotopic (exact) mass is 455 g/mol. The third-order valence-electron chi connectivity index (χ3n) is 8.91. The molecule has 176 valence electrons. The summed E-state index contributed by atoms with van der Waals surface area (Å²) in [7, 11) is 0. The van der Waals surface area contributed by atoms with Crippen molar-refractivity contribution >= 4 is 23.3 Å². The molecular formula is C25H29NO7. The number of carbonyl (C=O) groups excluding carboxylic acids is 2. The van der Waals surface area contributed by atoms with Crippen LogP contribution in [0.1, 0.15) is 56.8 Å². The molecule has 4 fully saturated rings. The first kappa shape index (κ1) is 21.9. The molecule has 1 spiro atoms. The molecule has 1 amide bonds. The number of benzene rings is 1. The summed E-state index contributed by atoms with van der Waals surface area (Å²) in [6, 6.07) is 2.16. The van der Waals surface area contributed by atoms with Crippen LogP contribution in [-0.4, -0.2) is 44.7 Å². The molecule has 1 aromatic carbocycles. The number of allylic oxidation sites excluding steroid dienone is 2. The fraction of sp³-hybridized carbons (Fsp3) is 0.560. The number of ether oxygens (including phenoxy) is 1. The average molecular weight is 456 g/mol. The number of phenolic OH excluding ortho intramolecular Hbond substituents is 1. The van der Waals surface area contributed by atoms with Crippen LogP contribution < -0.4 is 5.32 Å². The van der Waals surface area contributed by atoms with Gasteiger partial charge >= 0.3 is 5.97 Å². The van der Waals surface area contributed by atoms with Crippen molar-refractivity contribution in [1.29, 1.82) is 0 Å². The number of hydrogen-bond donors (Lipinski definition) is 4. The highest BCUT2D eigenvalue weighted by Crippen LogP contribution is 2.73. The lowest BCUT2D eigenvalue weighted by Gasteiger charge is -2.56. The van der Waals surface area contributed by atoms with Crippen molar-refractivity contribution in [2.24, 2.45) is 28.6 Å². The predicted octanol–water partition coefficient (Wildman–Crippen LogP) is 3.48. The fourth-order valence-electron chi connectivity index (χ4n) is 7.48. The van der Waals surface area contributed by atoms with E-state index in [1.165, 1.54) is 0 Å². The molecule has 5 unspecified atom stereocenters. The number of anilines is 1. The van der Waals surface area contributed by atoms with Crippen molar-refractivity contribution in [2.75, 3.05) is 5.32 Å². The summed E-state index contributed by atoms with van der Waals surface area (Å²) in [4.78, 5) is 37.2. The Hall–Kier alpha value is -2.87. The Balaban J connectivity index is 1.38. The molecule has 1 aromatic rings. The van der Waals surface area contributed by atoms with Crippen LogP contribution in [0.4, 0.5) is 5.69 Å². The predicted molar refractivity (Wildman–Crippen MR) is 118 cm³/mol. The summed E-state index contributed by atoms with van der Waals surface area (Å²) >= 11 is 0. The van der Waals surface area contributed by atoms with E-state index in [4.69, 9.17) is 4.74 Å². The maximum atomic E-state index is 13.2. The maximum Gasteiger partial charge on any atom is 0.339 e. The smallest absolute Gasteiger partial charge is 0.339 e. The normalized spacial score (nSPS) is 40.2. The highest BCUT2D eigenvalue weighted by atomic mass is 16.5. The summed E-state index contributed by atoms with van der Waals surface area (Å²) in [6.07, 6.45) is 5.86. The summed E-state index contributed by atoms with van der Waals surface area (Å²) in [5, 5.41) is 31.8. The highest BCUT2D eigenvalue weighted by Gasteiger charge is 2.73. The van der Waals surface area contributed by atoms with Gasteiger partial charge in [0, 0.05) is 17.8 Å². The van der Waals surface area contributed by atoms with Crippen LogP contribution in [0.3, 0.4) is 0 Å². The number of aromatic hydroxyl groups is 2. The molecule has 5 aliphatic rings. The van der Waals surface area contributed by atoms with E-state index in [-0.39, 0.29) is 47.4 Å². The van der Waals surface area contributed by atoms with Gasteiger partial charge in [-0.1, -0.05) is 19.9 Å². The first-order chi connectivity index (χ1) is 15.4. The number of rotatable bonds is 5. The number of carboxylic acids is 1. The molecule has 6 rings (SSSR count). The summed E-state index contributed by atoms with van der Waals surface area (Å²) < 4.78 is 6.52. The fourth-order valence-corrected chi connectivity index (χ4v) is 7.48. The quantitative estimate of drug-likeness (QED) is 0.500. The van der Waals surface area contributed by atoms with E-state index >= 15 is 0 Å². The number of phenols is 2. The SMILES string of the molecule is C[C@@H]1C2OC3(C)CC4(C=CC(=O)[C@@](C)(CCC(=O)Nc5c(O)ccc(C(=O)O)c5O)C24)CC13. The molecule has 8 nitrogen and oxygen atoms in total. The van der Waals surface area contributed by atoms with Gasteiger partial charge < -0.3 is 25.4 Å². The third-order valence-corrected chi connectivity index (χ3v) is 8.91. The maximum absolute atomic E-state index is 13.2. The molecule has 4 N–H and O–H groups in total. The highest BCUT2D eigenvalue weighted by molar-refractivity contribution is 6.00. The number of hydrogen-bond acceptors (Lipinski definition) is 6. The Labute approximate surface area is 191 Å². The van der Waals surface area contributed by atoms with Crippen molar-refractivity contribution in [2.45, 2.75) is 58.2 Å². The van der Waals surface area contributed by atoms with E-state index in [0.717, 1.165) is 25.0 Å². The molecule has 7 atom stereocenters. The molecular weight excluding hydrogens is 426 g/mol. The Morgan fingerprint density at radius 3 is 2.64 bits per heavy atom. The zero-order valence-corrected chi connectivity index (χ0v) is 18.9. The van der Waals surface area contributed by atoms with Gasteiger partial charge in [0.15, 0.2) is 11.5 Å².